The Kier molecular flexibility index (Phi) is 7.07. The molecule has 32 heavy (non-hydrogen) atoms. The van der Waals surface area contributed by atoms with Crippen LogP contribution in [0.2, 0.25) is 0 Å². The number of allylic oxidation sites excluding steroid dienone is 2. The van der Waals surface area contributed by atoms with Crippen LogP contribution in [0.15, 0.2) is 41.4 Å². The maximum atomic E-state index is 12.9. The summed E-state index contributed by atoms with van der Waals surface area (Å²) >= 11 is 0. The van der Waals surface area contributed by atoms with Crippen LogP contribution in [-0.4, -0.2) is 56.0 Å². The van der Waals surface area contributed by atoms with E-state index in [2.05, 4.69) is 27.8 Å². The average Bonchev–Trinajstić information content (AvgIpc) is 3.48. The van der Waals surface area contributed by atoms with Gasteiger partial charge in [-0.05, 0) is 61.8 Å². The number of carbonyl (C=O) groups is 2. The lowest BCUT2D eigenvalue weighted by Crippen LogP contribution is -2.40. The first-order valence-corrected chi connectivity index (χ1v) is 11.4. The van der Waals surface area contributed by atoms with Gasteiger partial charge in [0.05, 0.1) is 18.4 Å². The minimum Gasteiger partial charge on any atom is -0.494 e. The van der Waals surface area contributed by atoms with Gasteiger partial charge in [-0.3, -0.25) is 19.5 Å². The molecule has 1 aromatic carbocycles. The molecule has 7 nitrogen and oxygen atoms in total. The number of amides is 2. The van der Waals surface area contributed by atoms with Crippen LogP contribution < -0.4 is 15.4 Å². The number of carbonyl (C=O) groups excluding carboxylic acids is 2. The van der Waals surface area contributed by atoms with E-state index in [1.54, 1.807) is 19.2 Å². The summed E-state index contributed by atoms with van der Waals surface area (Å²) in [6, 6.07) is 6.01. The second-order valence-corrected chi connectivity index (χ2v) is 8.62. The molecule has 2 fully saturated rings. The van der Waals surface area contributed by atoms with Gasteiger partial charge in [-0.1, -0.05) is 12.2 Å². The fourth-order valence-corrected chi connectivity index (χ4v) is 5.00. The van der Waals surface area contributed by atoms with E-state index in [4.69, 9.17) is 4.74 Å². The van der Waals surface area contributed by atoms with Crippen molar-refractivity contribution in [3.05, 3.63) is 42.2 Å². The highest BCUT2D eigenvalue weighted by molar-refractivity contribution is 6.06. The Morgan fingerprint density at radius 2 is 1.66 bits per heavy atom. The molecule has 2 amide bonds. The molecule has 1 aliphatic heterocycles. The number of benzene rings is 1. The van der Waals surface area contributed by atoms with E-state index in [-0.39, 0.29) is 41.3 Å². The first-order valence-electron chi connectivity index (χ1n) is 11.4. The largest absolute Gasteiger partial charge is 0.494 e. The molecule has 3 aliphatic rings. The molecule has 0 spiro atoms. The molecule has 1 saturated carbocycles. The standard InChI is InChI=1S/C24H31FN4O3/c1-26-24(27-11-2-3-14-32-19-9-7-18(25)8-10-19)28-12-4-13-29-22(30)20-16-5-6-17(15-16)21(20)23(29)31/h5-10,16-17,20-21H,2-4,11-15H2,1H3,(H2,26,27,28). The normalized spacial score (nSPS) is 26.1. The Hall–Kier alpha value is -2.90. The molecule has 4 unspecified atom stereocenters. The average molecular weight is 443 g/mol. The summed E-state index contributed by atoms with van der Waals surface area (Å²) in [5.74, 6) is 1.40. The number of nitrogens with one attached hydrogen (secondary N) is 2. The number of ether oxygens (including phenoxy) is 1. The van der Waals surface area contributed by atoms with Crippen molar-refractivity contribution < 1.29 is 18.7 Å². The first-order chi connectivity index (χ1) is 15.6. The number of nitrogens with zero attached hydrogens (tertiary/aromatic N) is 2. The lowest BCUT2D eigenvalue weighted by atomic mass is 9.85. The molecule has 2 aliphatic carbocycles. The molecule has 1 heterocycles. The fourth-order valence-electron chi connectivity index (χ4n) is 5.00. The van der Waals surface area contributed by atoms with Crippen LogP contribution >= 0.6 is 0 Å². The lowest BCUT2D eigenvalue weighted by molar-refractivity contribution is -0.140. The van der Waals surface area contributed by atoms with Gasteiger partial charge in [0.15, 0.2) is 5.96 Å². The first kappa shape index (κ1) is 22.3. The number of likely N-dealkylation sites (tertiary alicyclic amines) is 1. The van der Waals surface area contributed by atoms with Crippen LogP contribution in [0.3, 0.4) is 0 Å². The molecule has 0 aromatic heterocycles. The Morgan fingerprint density at radius 3 is 2.28 bits per heavy atom. The smallest absolute Gasteiger partial charge is 0.233 e. The second kappa shape index (κ2) is 10.1. The molecule has 4 atom stereocenters. The highest BCUT2D eigenvalue weighted by Gasteiger charge is 2.58. The SMILES string of the molecule is CN=C(NCCCCOc1ccc(F)cc1)NCCCN1C(=O)C2C3C=CC(C3)C2C1=O. The van der Waals surface area contributed by atoms with E-state index in [0.717, 1.165) is 25.8 Å². The summed E-state index contributed by atoms with van der Waals surface area (Å²) in [5.41, 5.74) is 0. The van der Waals surface area contributed by atoms with Crippen LogP contribution in [-0.2, 0) is 9.59 Å². The van der Waals surface area contributed by atoms with Crippen LogP contribution in [0.1, 0.15) is 25.7 Å². The number of unbranched alkanes of at least 4 members (excludes halogenated alkanes) is 1. The van der Waals surface area contributed by atoms with Crippen molar-refractivity contribution in [3.63, 3.8) is 0 Å². The maximum absolute atomic E-state index is 12.9. The minimum absolute atomic E-state index is 0.0159. The summed E-state index contributed by atoms with van der Waals surface area (Å²) in [6.45, 7) is 2.39. The third-order valence-corrected chi connectivity index (χ3v) is 6.58. The summed E-state index contributed by atoms with van der Waals surface area (Å²) < 4.78 is 18.5. The van der Waals surface area contributed by atoms with E-state index in [9.17, 15) is 14.0 Å². The van der Waals surface area contributed by atoms with Crippen molar-refractivity contribution in [2.75, 3.05) is 33.3 Å². The van der Waals surface area contributed by atoms with E-state index in [1.165, 1.54) is 17.0 Å². The van der Waals surface area contributed by atoms with Gasteiger partial charge < -0.3 is 15.4 Å². The summed E-state index contributed by atoms with van der Waals surface area (Å²) in [6.07, 6.45) is 7.64. The zero-order valence-electron chi connectivity index (χ0n) is 18.4. The van der Waals surface area contributed by atoms with Crippen molar-refractivity contribution in [3.8, 4) is 5.75 Å². The van der Waals surface area contributed by atoms with Gasteiger partial charge in [0.1, 0.15) is 11.6 Å². The topological polar surface area (TPSA) is 83.0 Å². The maximum Gasteiger partial charge on any atom is 0.233 e. The number of imide groups is 1. The lowest BCUT2D eigenvalue weighted by Gasteiger charge is -2.18. The van der Waals surface area contributed by atoms with Gasteiger partial charge in [0.25, 0.3) is 0 Å². The number of rotatable bonds is 10. The van der Waals surface area contributed by atoms with E-state index in [1.807, 2.05) is 0 Å². The Balaban J connectivity index is 1.08. The van der Waals surface area contributed by atoms with Crippen LogP contribution in [0, 0.1) is 29.5 Å². The third-order valence-electron chi connectivity index (χ3n) is 6.58. The Bertz CT molecular complexity index is 856. The monoisotopic (exact) mass is 442 g/mol. The molecule has 2 N–H and O–H groups in total. The molecule has 1 aromatic rings. The van der Waals surface area contributed by atoms with Crippen molar-refractivity contribution >= 4 is 17.8 Å². The van der Waals surface area contributed by atoms with E-state index >= 15 is 0 Å². The van der Waals surface area contributed by atoms with Crippen molar-refractivity contribution in [2.45, 2.75) is 25.7 Å². The van der Waals surface area contributed by atoms with Gasteiger partial charge in [-0.15, -0.1) is 0 Å². The molecule has 4 rings (SSSR count). The highest BCUT2D eigenvalue weighted by atomic mass is 19.1. The zero-order valence-corrected chi connectivity index (χ0v) is 18.4. The molecular formula is C24H31FN4O3. The van der Waals surface area contributed by atoms with Gasteiger partial charge in [-0.2, -0.15) is 0 Å². The molecule has 8 heteroatoms. The Morgan fingerprint density at radius 1 is 1.03 bits per heavy atom. The van der Waals surface area contributed by atoms with Crippen molar-refractivity contribution in [2.24, 2.45) is 28.7 Å². The van der Waals surface area contributed by atoms with Crippen LogP contribution in [0.5, 0.6) is 5.75 Å². The van der Waals surface area contributed by atoms with Gasteiger partial charge in [0, 0.05) is 26.7 Å². The number of hydrogen-bond acceptors (Lipinski definition) is 4. The fraction of sp³-hybridized carbons (Fsp3) is 0.542. The number of halogens is 1. The van der Waals surface area contributed by atoms with E-state index in [0.29, 0.717) is 37.8 Å². The van der Waals surface area contributed by atoms with Crippen molar-refractivity contribution in [1.82, 2.24) is 15.5 Å². The Labute approximate surface area is 188 Å². The van der Waals surface area contributed by atoms with Crippen LogP contribution in [0.25, 0.3) is 0 Å². The minimum atomic E-state index is -0.272. The highest BCUT2D eigenvalue weighted by Crippen LogP contribution is 2.52. The predicted molar refractivity (Wildman–Crippen MR) is 120 cm³/mol. The van der Waals surface area contributed by atoms with Gasteiger partial charge >= 0.3 is 0 Å². The van der Waals surface area contributed by atoms with Crippen molar-refractivity contribution in [1.29, 1.82) is 0 Å². The molecule has 0 radical (unpaired) electrons. The summed E-state index contributed by atoms with van der Waals surface area (Å²) in [4.78, 5) is 31.1. The number of guanidine groups is 1. The molecule has 1 saturated heterocycles. The van der Waals surface area contributed by atoms with E-state index < -0.39 is 0 Å². The van der Waals surface area contributed by atoms with Gasteiger partial charge in [0.2, 0.25) is 11.8 Å². The molecule has 2 bridgehead atoms. The third kappa shape index (κ3) is 4.79. The molecular weight excluding hydrogens is 411 g/mol. The quantitative estimate of drug-likeness (QED) is 0.191. The number of aliphatic imine (C=N–C) groups is 1. The van der Waals surface area contributed by atoms with Gasteiger partial charge in [-0.25, -0.2) is 4.39 Å². The number of hydrogen-bond donors (Lipinski definition) is 2. The summed E-state index contributed by atoms with van der Waals surface area (Å²) in [7, 11) is 1.71. The summed E-state index contributed by atoms with van der Waals surface area (Å²) in [5, 5.41) is 6.49. The number of fused-ring (bicyclic) bond motifs is 5. The molecule has 172 valence electrons. The predicted octanol–water partition coefficient (Wildman–Crippen LogP) is 2.35. The zero-order chi connectivity index (χ0) is 22.5. The van der Waals surface area contributed by atoms with Crippen LogP contribution in [0.4, 0.5) is 4.39 Å². The second-order valence-electron chi connectivity index (χ2n) is 8.62.